The standard InChI is InChI=1S/C14H9NO3/c1-2-6-11-10(5-1)17-14(18-11)9-4-3-7-12-13(9)15-8-16-12/h1-8,14H. The first-order valence-corrected chi connectivity index (χ1v) is 5.66. The van der Waals surface area contributed by atoms with Crippen molar-refractivity contribution in [2.75, 3.05) is 0 Å². The zero-order chi connectivity index (χ0) is 11.9. The van der Waals surface area contributed by atoms with Crippen LogP contribution in [0.5, 0.6) is 11.5 Å². The Morgan fingerprint density at radius 2 is 1.67 bits per heavy atom. The van der Waals surface area contributed by atoms with Crippen molar-refractivity contribution in [2.24, 2.45) is 0 Å². The summed E-state index contributed by atoms with van der Waals surface area (Å²) in [5, 5.41) is 0. The van der Waals surface area contributed by atoms with E-state index in [4.69, 9.17) is 13.9 Å². The van der Waals surface area contributed by atoms with Crippen LogP contribution >= 0.6 is 0 Å². The fraction of sp³-hybridized carbons (Fsp3) is 0.0714. The summed E-state index contributed by atoms with van der Waals surface area (Å²) >= 11 is 0. The Hall–Kier alpha value is -2.49. The SMILES string of the molecule is c1ccc2c(c1)OC(c1cccc3ocnc13)O2. The molecule has 0 saturated heterocycles. The largest absolute Gasteiger partial charge is 0.447 e. The van der Waals surface area contributed by atoms with E-state index in [0.29, 0.717) is 0 Å². The monoisotopic (exact) mass is 239 g/mol. The minimum Gasteiger partial charge on any atom is -0.447 e. The second-order valence-electron chi connectivity index (χ2n) is 4.06. The molecule has 3 aromatic rings. The fourth-order valence-corrected chi connectivity index (χ4v) is 2.13. The van der Waals surface area contributed by atoms with Crippen molar-refractivity contribution in [3.05, 3.63) is 54.4 Å². The van der Waals surface area contributed by atoms with Gasteiger partial charge < -0.3 is 13.9 Å². The Balaban J connectivity index is 1.80. The first-order chi connectivity index (χ1) is 8.92. The molecule has 4 heteroatoms. The Kier molecular flexibility index (Phi) is 1.85. The van der Waals surface area contributed by atoms with Crippen LogP contribution in [-0.4, -0.2) is 4.98 Å². The summed E-state index contributed by atoms with van der Waals surface area (Å²) < 4.78 is 16.8. The molecule has 4 nitrogen and oxygen atoms in total. The maximum absolute atomic E-state index is 5.77. The third-order valence-corrected chi connectivity index (χ3v) is 2.96. The van der Waals surface area contributed by atoms with Gasteiger partial charge >= 0.3 is 0 Å². The lowest BCUT2D eigenvalue weighted by Gasteiger charge is -2.10. The van der Waals surface area contributed by atoms with Crippen LogP contribution in [0.4, 0.5) is 0 Å². The van der Waals surface area contributed by atoms with Gasteiger partial charge in [0.05, 0.1) is 5.56 Å². The molecule has 18 heavy (non-hydrogen) atoms. The topological polar surface area (TPSA) is 44.5 Å². The third-order valence-electron chi connectivity index (χ3n) is 2.96. The summed E-state index contributed by atoms with van der Waals surface area (Å²) in [6.45, 7) is 0. The summed E-state index contributed by atoms with van der Waals surface area (Å²) in [6, 6.07) is 13.3. The number of para-hydroxylation sites is 3. The number of fused-ring (bicyclic) bond motifs is 2. The Labute approximate surface area is 103 Å². The van der Waals surface area contributed by atoms with Gasteiger partial charge in [0, 0.05) is 0 Å². The van der Waals surface area contributed by atoms with Crippen molar-refractivity contribution < 1.29 is 13.9 Å². The van der Waals surface area contributed by atoms with Gasteiger partial charge in [-0.05, 0) is 24.3 Å². The number of hydrogen-bond donors (Lipinski definition) is 0. The molecule has 1 aliphatic rings. The number of benzene rings is 2. The van der Waals surface area contributed by atoms with Crippen LogP contribution in [0.2, 0.25) is 0 Å². The molecule has 1 aromatic heterocycles. The lowest BCUT2D eigenvalue weighted by molar-refractivity contribution is 0.0499. The van der Waals surface area contributed by atoms with E-state index >= 15 is 0 Å². The van der Waals surface area contributed by atoms with Crippen molar-refractivity contribution in [1.82, 2.24) is 4.98 Å². The van der Waals surface area contributed by atoms with Crippen LogP contribution in [0.1, 0.15) is 11.9 Å². The predicted octanol–water partition coefficient (Wildman–Crippen LogP) is 3.30. The van der Waals surface area contributed by atoms with Gasteiger partial charge in [-0.3, -0.25) is 0 Å². The minimum atomic E-state index is -0.462. The van der Waals surface area contributed by atoms with Crippen LogP contribution in [-0.2, 0) is 0 Å². The molecule has 0 spiro atoms. The first kappa shape index (κ1) is 9.53. The molecule has 1 aliphatic heterocycles. The summed E-state index contributed by atoms with van der Waals surface area (Å²) in [5.41, 5.74) is 2.38. The van der Waals surface area contributed by atoms with Crippen molar-refractivity contribution in [1.29, 1.82) is 0 Å². The van der Waals surface area contributed by atoms with E-state index in [0.717, 1.165) is 28.2 Å². The maximum Gasteiger partial charge on any atom is 0.270 e. The molecule has 0 saturated carbocycles. The highest BCUT2D eigenvalue weighted by atomic mass is 16.7. The van der Waals surface area contributed by atoms with Gasteiger partial charge in [-0.25, -0.2) is 4.98 Å². The number of hydrogen-bond acceptors (Lipinski definition) is 4. The van der Waals surface area contributed by atoms with Crippen molar-refractivity contribution in [3.8, 4) is 11.5 Å². The number of oxazole rings is 1. The van der Waals surface area contributed by atoms with E-state index < -0.39 is 6.29 Å². The van der Waals surface area contributed by atoms with Gasteiger partial charge in [-0.2, -0.15) is 0 Å². The van der Waals surface area contributed by atoms with Gasteiger partial charge in [0.25, 0.3) is 6.29 Å². The molecular weight excluding hydrogens is 230 g/mol. The van der Waals surface area contributed by atoms with E-state index in [1.165, 1.54) is 6.39 Å². The van der Waals surface area contributed by atoms with E-state index in [1.807, 2.05) is 42.5 Å². The molecular formula is C14H9NO3. The van der Waals surface area contributed by atoms with Crippen molar-refractivity contribution in [3.63, 3.8) is 0 Å². The summed E-state index contributed by atoms with van der Waals surface area (Å²) in [5.74, 6) is 1.51. The van der Waals surface area contributed by atoms with E-state index in [-0.39, 0.29) is 0 Å². The average Bonchev–Trinajstić information content (AvgIpc) is 3.04. The fourth-order valence-electron chi connectivity index (χ4n) is 2.13. The molecule has 0 amide bonds. The first-order valence-electron chi connectivity index (χ1n) is 5.66. The molecule has 88 valence electrons. The molecule has 0 fully saturated rings. The average molecular weight is 239 g/mol. The highest BCUT2D eigenvalue weighted by molar-refractivity contribution is 5.76. The van der Waals surface area contributed by atoms with Gasteiger partial charge in [-0.15, -0.1) is 0 Å². The van der Waals surface area contributed by atoms with E-state index in [1.54, 1.807) is 0 Å². The third kappa shape index (κ3) is 1.29. The van der Waals surface area contributed by atoms with Crippen molar-refractivity contribution >= 4 is 11.1 Å². The second-order valence-corrected chi connectivity index (χ2v) is 4.06. The quantitative estimate of drug-likeness (QED) is 0.653. The van der Waals surface area contributed by atoms with E-state index in [2.05, 4.69) is 4.98 Å². The number of nitrogens with zero attached hydrogens (tertiary/aromatic N) is 1. The molecule has 0 N–H and O–H groups in total. The van der Waals surface area contributed by atoms with Crippen LogP contribution in [0.25, 0.3) is 11.1 Å². The maximum atomic E-state index is 5.77. The van der Waals surface area contributed by atoms with E-state index in [9.17, 15) is 0 Å². The Bertz CT molecular complexity index is 695. The zero-order valence-electron chi connectivity index (χ0n) is 9.37. The number of rotatable bonds is 1. The van der Waals surface area contributed by atoms with Gasteiger partial charge in [0.15, 0.2) is 23.5 Å². The summed E-state index contributed by atoms with van der Waals surface area (Å²) in [4.78, 5) is 4.20. The molecule has 2 heterocycles. The van der Waals surface area contributed by atoms with Gasteiger partial charge in [-0.1, -0.05) is 18.2 Å². The summed E-state index contributed by atoms with van der Waals surface area (Å²) in [7, 11) is 0. The Morgan fingerprint density at radius 1 is 0.889 bits per heavy atom. The summed E-state index contributed by atoms with van der Waals surface area (Å²) in [6.07, 6.45) is 0.965. The van der Waals surface area contributed by atoms with Crippen LogP contribution in [0, 0.1) is 0 Å². The van der Waals surface area contributed by atoms with Gasteiger partial charge in [0.2, 0.25) is 0 Å². The smallest absolute Gasteiger partial charge is 0.270 e. The molecule has 0 unspecified atom stereocenters. The zero-order valence-corrected chi connectivity index (χ0v) is 9.37. The van der Waals surface area contributed by atoms with Crippen molar-refractivity contribution in [2.45, 2.75) is 6.29 Å². The highest BCUT2D eigenvalue weighted by Crippen LogP contribution is 2.41. The number of ether oxygens (including phenoxy) is 2. The molecule has 0 bridgehead atoms. The second kappa shape index (κ2) is 3.50. The van der Waals surface area contributed by atoms with Crippen LogP contribution < -0.4 is 9.47 Å². The van der Waals surface area contributed by atoms with Crippen LogP contribution in [0.3, 0.4) is 0 Å². The van der Waals surface area contributed by atoms with Crippen LogP contribution in [0.15, 0.2) is 53.3 Å². The molecule has 0 radical (unpaired) electrons. The Morgan fingerprint density at radius 3 is 2.44 bits per heavy atom. The lowest BCUT2D eigenvalue weighted by atomic mass is 10.2. The highest BCUT2D eigenvalue weighted by Gasteiger charge is 2.27. The molecule has 2 aromatic carbocycles. The van der Waals surface area contributed by atoms with Gasteiger partial charge in [0.1, 0.15) is 5.52 Å². The lowest BCUT2D eigenvalue weighted by Crippen LogP contribution is -2.08. The number of aromatic nitrogens is 1. The molecule has 0 aliphatic carbocycles. The molecule has 4 rings (SSSR count). The molecule has 0 atom stereocenters. The predicted molar refractivity (Wildman–Crippen MR) is 64.4 cm³/mol. The minimum absolute atomic E-state index is 0.462. The normalized spacial score (nSPS) is 14.2.